The molecule has 3 aromatic rings. The summed E-state index contributed by atoms with van der Waals surface area (Å²) < 4.78 is 78.7. The molecule has 2 heterocycles. The standard InChI is InChI=1S/C23H17ClF6N6O2/c1-10-11-5-6-17(23(28,29)30)34-14(11)8-12(20(37)32-2)18(10)36-21(38)15(9-16(31)22(25,26)27)35-19-13(24)4-3-7-33-19/h3-9,31H,1-2H3,(H,32,37)(H,33,35)(H,36,38)/p+1/b15-9-,31-16?. The Bertz CT molecular complexity index is 1470. The molecule has 0 aliphatic carbocycles. The number of nitrogens with zero attached hydrogens (tertiary/aromatic N) is 2. The van der Waals surface area contributed by atoms with E-state index in [4.69, 9.17) is 17.0 Å². The molecule has 0 radical (unpaired) electrons. The van der Waals surface area contributed by atoms with E-state index in [0.29, 0.717) is 6.07 Å². The van der Waals surface area contributed by atoms with Crippen LogP contribution in [-0.2, 0) is 11.0 Å². The lowest BCUT2D eigenvalue weighted by molar-refractivity contribution is -0.514. The molecule has 15 heteroatoms. The second-order valence-corrected chi connectivity index (χ2v) is 8.15. The summed E-state index contributed by atoms with van der Waals surface area (Å²) >= 11 is 6.01. The summed E-state index contributed by atoms with van der Waals surface area (Å²) in [6.45, 7) is 1.39. The molecule has 0 unspecified atom stereocenters. The maximum atomic E-state index is 13.2. The van der Waals surface area contributed by atoms with Gasteiger partial charge in [0.1, 0.15) is 16.4 Å². The van der Waals surface area contributed by atoms with Gasteiger partial charge in [0.2, 0.25) is 11.5 Å². The van der Waals surface area contributed by atoms with Gasteiger partial charge < -0.3 is 10.6 Å². The molecule has 0 saturated heterocycles. The average molecular weight is 560 g/mol. The molecule has 0 bridgehead atoms. The number of halogens is 7. The number of nitrogens with one attached hydrogen (secondary N) is 3. The molecule has 0 spiro atoms. The summed E-state index contributed by atoms with van der Waals surface area (Å²) in [7, 11) is 1.24. The Morgan fingerprint density at radius 1 is 1.13 bits per heavy atom. The zero-order valence-corrected chi connectivity index (χ0v) is 20.2. The Labute approximate surface area is 215 Å². The number of aryl methyl sites for hydroxylation is 1. The average Bonchev–Trinajstić information content (AvgIpc) is 2.84. The summed E-state index contributed by atoms with van der Waals surface area (Å²) in [6, 6.07) is 5.66. The first-order valence-electron chi connectivity index (χ1n) is 10.5. The number of amides is 2. The number of aromatic nitrogens is 2. The highest BCUT2D eigenvalue weighted by molar-refractivity contribution is 6.32. The number of nitrogens with two attached hydrogens (primary N) is 1. The van der Waals surface area contributed by atoms with Crippen LogP contribution < -0.4 is 16.0 Å². The fourth-order valence-electron chi connectivity index (χ4n) is 3.33. The third-order valence-corrected chi connectivity index (χ3v) is 5.52. The Hall–Kier alpha value is -4.04. The van der Waals surface area contributed by atoms with Crippen LogP contribution in [0.5, 0.6) is 0 Å². The molecule has 0 saturated carbocycles. The summed E-state index contributed by atoms with van der Waals surface area (Å²) in [6.07, 6.45) is -8.30. The summed E-state index contributed by atoms with van der Waals surface area (Å²) in [5.74, 6) is -2.06. The van der Waals surface area contributed by atoms with Gasteiger partial charge in [0, 0.05) is 24.7 Å². The molecule has 0 fully saturated rings. The van der Waals surface area contributed by atoms with Crippen molar-refractivity contribution in [3.63, 3.8) is 0 Å². The van der Waals surface area contributed by atoms with Gasteiger partial charge in [-0.05, 0) is 36.8 Å². The van der Waals surface area contributed by atoms with Gasteiger partial charge in [0.15, 0.2) is 0 Å². The molecule has 5 N–H and O–H groups in total. The number of carbonyl (C=O) groups excluding carboxylic acids is 2. The highest BCUT2D eigenvalue weighted by Crippen LogP contribution is 2.33. The van der Waals surface area contributed by atoms with Crippen molar-refractivity contribution in [1.82, 2.24) is 15.3 Å². The fraction of sp³-hybridized carbons (Fsp3) is 0.174. The van der Waals surface area contributed by atoms with Crippen LogP contribution in [0.3, 0.4) is 0 Å². The third-order valence-electron chi connectivity index (χ3n) is 5.20. The molecular weight excluding hydrogens is 542 g/mol. The number of anilines is 1. The minimum Gasteiger partial charge on any atom is -0.355 e. The number of fused-ring (bicyclic) bond motifs is 1. The largest absolute Gasteiger partial charge is 0.433 e. The maximum absolute atomic E-state index is 13.2. The monoisotopic (exact) mass is 559 g/mol. The van der Waals surface area contributed by atoms with E-state index < -0.39 is 41.3 Å². The highest BCUT2D eigenvalue weighted by Gasteiger charge is 2.35. The van der Waals surface area contributed by atoms with E-state index in [9.17, 15) is 35.9 Å². The smallest absolute Gasteiger partial charge is 0.355 e. The SMILES string of the molecule is CNC(=O)c1cc2nc(C(F)(F)F)ccc2c(C)c1NC(=O)/C(=C/C(=N)C(F)(F)F)[NH2+]c1ncccc1Cl. The Morgan fingerprint density at radius 3 is 2.39 bits per heavy atom. The molecule has 1 aromatic carbocycles. The summed E-state index contributed by atoms with van der Waals surface area (Å²) in [4.78, 5) is 33.2. The normalized spacial score (nSPS) is 12.4. The lowest BCUT2D eigenvalue weighted by Gasteiger charge is -2.17. The van der Waals surface area contributed by atoms with Crippen LogP contribution >= 0.6 is 11.6 Å². The van der Waals surface area contributed by atoms with Crippen molar-refractivity contribution < 1.29 is 41.2 Å². The van der Waals surface area contributed by atoms with E-state index in [0.717, 1.165) is 17.4 Å². The lowest BCUT2D eigenvalue weighted by Crippen LogP contribution is -2.78. The second-order valence-electron chi connectivity index (χ2n) is 7.74. The molecule has 38 heavy (non-hydrogen) atoms. The zero-order chi connectivity index (χ0) is 28.4. The first kappa shape index (κ1) is 28.5. The van der Waals surface area contributed by atoms with Gasteiger partial charge >= 0.3 is 18.3 Å². The minimum absolute atomic E-state index is 0.00391. The third kappa shape index (κ3) is 6.26. The number of alkyl halides is 6. The van der Waals surface area contributed by atoms with Crippen LogP contribution in [-0.4, -0.2) is 40.7 Å². The number of pyridine rings is 2. The van der Waals surface area contributed by atoms with E-state index in [1.807, 2.05) is 0 Å². The van der Waals surface area contributed by atoms with Gasteiger partial charge in [0.25, 0.3) is 5.91 Å². The van der Waals surface area contributed by atoms with Crippen LogP contribution in [0.1, 0.15) is 21.6 Å². The molecule has 3 rings (SSSR count). The molecule has 200 valence electrons. The fourth-order valence-corrected chi connectivity index (χ4v) is 3.50. The number of hydrogen-bond acceptors (Lipinski definition) is 5. The van der Waals surface area contributed by atoms with Gasteiger partial charge in [-0.25, -0.2) is 9.97 Å². The van der Waals surface area contributed by atoms with E-state index in [1.165, 1.54) is 32.3 Å². The predicted molar refractivity (Wildman–Crippen MR) is 126 cm³/mol. The van der Waals surface area contributed by atoms with Crippen molar-refractivity contribution in [1.29, 1.82) is 5.41 Å². The van der Waals surface area contributed by atoms with Crippen molar-refractivity contribution >= 4 is 51.5 Å². The second kappa shape index (κ2) is 10.8. The number of benzene rings is 1. The lowest BCUT2D eigenvalue weighted by atomic mass is 10.0. The molecule has 8 nitrogen and oxygen atoms in total. The first-order valence-corrected chi connectivity index (χ1v) is 10.9. The Kier molecular flexibility index (Phi) is 8.07. The Morgan fingerprint density at radius 2 is 1.82 bits per heavy atom. The number of hydrogen-bond donors (Lipinski definition) is 4. The molecule has 2 aromatic heterocycles. The van der Waals surface area contributed by atoms with Gasteiger partial charge in [-0.1, -0.05) is 17.7 Å². The number of carbonyl (C=O) groups is 2. The van der Waals surface area contributed by atoms with E-state index in [-0.39, 0.29) is 44.6 Å². The van der Waals surface area contributed by atoms with Crippen LogP contribution in [0.25, 0.3) is 10.9 Å². The van der Waals surface area contributed by atoms with Crippen molar-refractivity contribution in [2.45, 2.75) is 19.3 Å². The van der Waals surface area contributed by atoms with Gasteiger partial charge in [-0.2, -0.15) is 26.3 Å². The number of rotatable bonds is 6. The van der Waals surface area contributed by atoms with E-state index in [1.54, 1.807) is 0 Å². The van der Waals surface area contributed by atoms with Crippen LogP contribution in [0, 0.1) is 12.3 Å². The Balaban J connectivity index is 2.14. The first-order chi connectivity index (χ1) is 17.6. The topological polar surface area (TPSA) is 124 Å². The van der Waals surface area contributed by atoms with Crippen molar-refractivity contribution in [3.05, 3.63) is 70.1 Å². The minimum atomic E-state index is -5.08. The number of allylic oxidation sites excluding steroid dienone is 1. The van der Waals surface area contributed by atoms with Crippen LogP contribution in [0.2, 0.25) is 5.02 Å². The van der Waals surface area contributed by atoms with Gasteiger partial charge in [0.05, 0.1) is 16.8 Å². The molecule has 0 atom stereocenters. The molecule has 0 aliphatic rings. The van der Waals surface area contributed by atoms with Crippen LogP contribution in [0.15, 0.2) is 48.3 Å². The van der Waals surface area contributed by atoms with Crippen molar-refractivity contribution in [3.8, 4) is 0 Å². The van der Waals surface area contributed by atoms with Crippen molar-refractivity contribution in [2.24, 2.45) is 0 Å². The molecule has 0 aliphatic heterocycles. The zero-order valence-electron chi connectivity index (χ0n) is 19.5. The van der Waals surface area contributed by atoms with Crippen molar-refractivity contribution in [2.75, 3.05) is 12.4 Å². The van der Waals surface area contributed by atoms with Gasteiger partial charge in [-0.15, -0.1) is 0 Å². The van der Waals surface area contributed by atoms with Gasteiger partial charge in [-0.3, -0.25) is 20.3 Å². The van der Waals surface area contributed by atoms with E-state index in [2.05, 4.69) is 20.6 Å². The number of quaternary nitrogens is 1. The highest BCUT2D eigenvalue weighted by atomic mass is 35.5. The summed E-state index contributed by atoms with van der Waals surface area (Å²) in [5.41, 5.74) is -4.29. The predicted octanol–water partition coefficient (Wildman–Crippen LogP) is 4.27. The molecule has 2 amide bonds. The molecular formula is C23H18ClF6N6O2+. The summed E-state index contributed by atoms with van der Waals surface area (Å²) in [5, 5.41) is 13.0. The van der Waals surface area contributed by atoms with E-state index >= 15 is 0 Å². The maximum Gasteiger partial charge on any atom is 0.433 e. The van der Waals surface area contributed by atoms with Crippen LogP contribution in [0.4, 0.5) is 37.8 Å². The quantitative estimate of drug-likeness (QED) is 0.204.